The first kappa shape index (κ1) is 13.9. The highest BCUT2D eigenvalue weighted by Gasteiger charge is 2.18. The molecular weight excluding hydrogens is 258 g/mol. The fraction of sp³-hybridized carbons (Fsp3) is 0.312. The number of hydrogen-bond acceptors (Lipinski definition) is 2. The Morgan fingerprint density at radius 3 is 2.58 bits per heavy atom. The summed E-state index contributed by atoms with van der Waals surface area (Å²) in [6, 6.07) is 11.8. The maximum absolute atomic E-state index is 5.91. The first-order valence-corrected chi connectivity index (χ1v) is 6.82. The Balaban J connectivity index is 2.33. The van der Waals surface area contributed by atoms with Crippen molar-refractivity contribution < 1.29 is 4.74 Å². The number of aromatic nitrogens is 1. The lowest BCUT2D eigenvalue weighted by Gasteiger charge is -2.22. The quantitative estimate of drug-likeness (QED) is 0.743. The number of para-hydroxylation sites is 1. The molecule has 0 N–H and O–H groups in total. The molecule has 2 nitrogen and oxygen atoms in total. The fourth-order valence-electron chi connectivity index (χ4n) is 1.88. The number of halogens is 1. The molecule has 3 heteroatoms. The molecule has 0 spiro atoms. The normalized spacial score (nSPS) is 11.4. The van der Waals surface area contributed by atoms with Crippen LogP contribution >= 0.6 is 11.6 Å². The lowest BCUT2D eigenvalue weighted by atomic mass is 9.86. The molecule has 0 saturated carbocycles. The largest absolute Gasteiger partial charge is 0.439 e. The summed E-state index contributed by atoms with van der Waals surface area (Å²) in [5.41, 5.74) is 2.19. The molecule has 0 fully saturated rings. The standard InChI is InChI=1S/C16H18ClNO/c1-16(2,3)13-6-4-5-7-14(13)19-15-10-12(11-17)8-9-18-15/h4-10H,11H2,1-3H3. The molecule has 1 heterocycles. The number of nitrogens with zero attached hydrogens (tertiary/aromatic N) is 1. The molecule has 19 heavy (non-hydrogen) atoms. The van der Waals surface area contributed by atoms with Gasteiger partial charge in [-0.15, -0.1) is 11.6 Å². The SMILES string of the molecule is CC(C)(C)c1ccccc1Oc1cc(CCl)ccn1. The lowest BCUT2D eigenvalue weighted by molar-refractivity contribution is 0.439. The van der Waals surface area contributed by atoms with E-state index in [0.717, 1.165) is 16.9 Å². The van der Waals surface area contributed by atoms with Gasteiger partial charge in [-0.3, -0.25) is 0 Å². The number of hydrogen-bond donors (Lipinski definition) is 0. The van der Waals surface area contributed by atoms with Crippen molar-refractivity contribution in [3.05, 3.63) is 53.7 Å². The van der Waals surface area contributed by atoms with Gasteiger partial charge < -0.3 is 4.74 Å². The van der Waals surface area contributed by atoms with Gasteiger partial charge in [0.15, 0.2) is 0 Å². The van der Waals surface area contributed by atoms with E-state index < -0.39 is 0 Å². The van der Waals surface area contributed by atoms with Gasteiger partial charge in [0, 0.05) is 23.7 Å². The Morgan fingerprint density at radius 2 is 1.89 bits per heavy atom. The van der Waals surface area contributed by atoms with Crippen molar-refractivity contribution in [1.82, 2.24) is 4.98 Å². The van der Waals surface area contributed by atoms with E-state index in [-0.39, 0.29) is 5.41 Å². The predicted molar refractivity (Wildman–Crippen MR) is 79.0 cm³/mol. The van der Waals surface area contributed by atoms with Crippen LogP contribution in [-0.4, -0.2) is 4.98 Å². The molecule has 0 atom stereocenters. The molecule has 0 aliphatic rings. The molecule has 100 valence electrons. The van der Waals surface area contributed by atoms with E-state index in [1.54, 1.807) is 6.20 Å². The van der Waals surface area contributed by atoms with Crippen molar-refractivity contribution in [2.75, 3.05) is 0 Å². The second-order valence-electron chi connectivity index (χ2n) is 5.48. The minimum absolute atomic E-state index is 0.0285. The number of benzene rings is 1. The lowest BCUT2D eigenvalue weighted by Crippen LogP contribution is -2.12. The van der Waals surface area contributed by atoms with Gasteiger partial charge in [0.2, 0.25) is 5.88 Å². The summed E-state index contributed by atoms with van der Waals surface area (Å²) in [6.45, 7) is 6.49. The Morgan fingerprint density at radius 1 is 1.16 bits per heavy atom. The molecule has 0 aliphatic carbocycles. The molecular formula is C16H18ClNO. The minimum atomic E-state index is 0.0285. The van der Waals surface area contributed by atoms with Gasteiger partial charge in [0.05, 0.1) is 0 Å². The van der Waals surface area contributed by atoms with Crippen LogP contribution in [-0.2, 0) is 11.3 Å². The summed E-state index contributed by atoms with van der Waals surface area (Å²) in [7, 11) is 0. The van der Waals surface area contributed by atoms with Crippen LogP contribution in [0.25, 0.3) is 0 Å². The Hall–Kier alpha value is -1.54. The summed E-state index contributed by atoms with van der Waals surface area (Å²) in [6.07, 6.45) is 1.72. The maximum atomic E-state index is 5.91. The predicted octanol–water partition coefficient (Wildman–Crippen LogP) is 4.91. The summed E-state index contributed by atoms with van der Waals surface area (Å²) in [5, 5.41) is 0. The average Bonchev–Trinajstić information content (AvgIpc) is 2.38. The van der Waals surface area contributed by atoms with Crippen LogP contribution in [0, 0.1) is 0 Å². The van der Waals surface area contributed by atoms with Crippen molar-refractivity contribution >= 4 is 11.6 Å². The van der Waals surface area contributed by atoms with E-state index in [9.17, 15) is 0 Å². The van der Waals surface area contributed by atoms with E-state index >= 15 is 0 Å². The first-order valence-electron chi connectivity index (χ1n) is 6.29. The Labute approximate surface area is 119 Å². The van der Waals surface area contributed by atoms with Gasteiger partial charge in [-0.2, -0.15) is 0 Å². The van der Waals surface area contributed by atoms with Gasteiger partial charge >= 0.3 is 0 Å². The van der Waals surface area contributed by atoms with Crippen molar-refractivity contribution in [2.24, 2.45) is 0 Å². The van der Waals surface area contributed by atoms with Crippen LogP contribution in [0.5, 0.6) is 11.6 Å². The van der Waals surface area contributed by atoms with Crippen LogP contribution in [0.3, 0.4) is 0 Å². The fourth-order valence-corrected chi connectivity index (χ4v) is 2.04. The van der Waals surface area contributed by atoms with Crippen molar-refractivity contribution in [2.45, 2.75) is 32.1 Å². The van der Waals surface area contributed by atoms with Crippen LogP contribution in [0.15, 0.2) is 42.6 Å². The highest BCUT2D eigenvalue weighted by atomic mass is 35.5. The van der Waals surface area contributed by atoms with Gasteiger partial charge in [0.25, 0.3) is 0 Å². The molecule has 2 rings (SSSR count). The Kier molecular flexibility index (Phi) is 4.11. The monoisotopic (exact) mass is 275 g/mol. The number of pyridine rings is 1. The third-order valence-electron chi connectivity index (χ3n) is 2.86. The molecule has 0 aliphatic heterocycles. The number of ether oxygens (including phenoxy) is 1. The molecule has 0 bridgehead atoms. The molecule has 0 amide bonds. The van der Waals surface area contributed by atoms with Crippen LogP contribution in [0.1, 0.15) is 31.9 Å². The van der Waals surface area contributed by atoms with E-state index in [2.05, 4.69) is 31.8 Å². The highest BCUT2D eigenvalue weighted by molar-refractivity contribution is 6.17. The van der Waals surface area contributed by atoms with Crippen LogP contribution in [0.2, 0.25) is 0 Å². The molecule has 0 saturated heterocycles. The zero-order valence-corrected chi connectivity index (χ0v) is 12.2. The summed E-state index contributed by atoms with van der Waals surface area (Å²) in [4.78, 5) is 4.22. The average molecular weight is 276 g/mol. The second kappa shape index (κ2) is 5.62. The van der Waals surface area contributed by atoms with E-state index in [1.165, 1.54) is 0 Å². The first-order chi connectivity index (χ1) is 9.00. The second-order valence-corrected chi connectivity index (χ2v) is 5.75. The van der Waals surface area contributed by atoms with Crippen LogP contribution < -0.4 is 4.74 Å². The molecule has 1 aromatic carbocycles. The van der Waals surface area contributed by atoms with Gasteiger partial charge in [-0.1, -0.05) is 39.0 Å². The number of rotatable bonds is 3. The zero-order valence-electron chi connectivity index (χ0n) is 11.5. The summed E-state index contributed by atoms with van der Waals surface area (Å²) < 4.78 is 5.91. The van der Waals surface area contributed by atoms with Gasteiger partial charge in [-0.25, -0.2) is 4.98 Å². The highest BCUT2D eigenvalue weighted by Crippen LogP contribution is 2.33. The van der Waals surface area contributed by atoms with Gasteiger partial charge in [-0.05, 0) is 23.1 Å². The topological polar surface area (TPSA) is 22.1 Å². The molecule has 0 radical (unpaired) electrons. The molecule has 0 unspecified atom stereocenters. The smallest absolute Gasteiger partial charge is 0.219 e. The van der Waals surface area contributed by atoms with Crippen LogP contribution in [0.4, 0.5) is 0 Å². The Bertz CT molecular complexity index is 561. The van der Waals surface area contributed by atoms with Crippen molar-refractivity contribution in [3.63, 3.8) is 0 Å². The summed E-state index contributed by atoms with van der Waals surface area (Å²) >= 11 is 5.82. The van der Waals surface area contributed by atoms with E-state index in [1.807, 2.05) is 30.3 Å². The van der Waals surface area contributed by atoms with Crippen molar-refractivity contribution in [3.8, 4) is 11.6 Å². The minimum Gasteiger partial charge on any atom is -0.439 e. The molecule has 2 aromatic rings. The third-order valence-corrected chi connectivity index (χ3v) is 3.17. The maximum Gasteiger partial charge on any atom is 0.219 e. The molecule has 1 aromatic heterocycles. The van der Waals surface area contributed by atoms with E-state index in [0.29, 0.717) is 11.8 Å². The zero-order chi connectivity index (χ0) is 13.9. The summed E-state index contributed by atoms with van der Waals surface area (Å²) in [5.74, 6) is 1.88. The number of alkyl halides is 1. The van der Waals surface area contributed by atoms with Crippen molar-refractivity contribution in [1.29, 1.82) is 0 Å². The van der Waals surface area contributed by atoms with E-state index in [4.69, 9.17) is 16.3 Å². The third kappa shape index (κ3) is 3.48. The van der Waals surface area contributed by atoms with Gasteiger partial charge in [0.1, 0.15) is 5.75 Å².